The van der Waals surface area contributed by atoms with E-state index in [0.29, 0.717) is 21.5 Å². The fourth-order valence-corrected chi connectivity index (χ4v) is 3.64. The van der Waals surface area contributed by atoms with Gasteiger partial charge in [0, 0.05) is 0 Å². The van der Waals surface area contributed by atoms with Crippen molar-refractivity contribution in [3.63, 3.8) is 0 Å². The first-order valence-electron chi connectivity index (χ1n) is 7.85. The highest BCUT2D eigenvalue weighted by Crippen LogP contribution is 2.36. The minimum absolute atomic E-state index is 0.244. The average Bonchev–Trinajstić information content (AvgIpc) is 2.88. The number of thioether (sulfide) groups is 1. The van der Waals surface area contributed by atoms with Crippen LogP contribution in [-0.2, 0) is 4.79 Å². The Morgan fingerprint density at radius 1 is 1.24 bits per heavy atom. The molecule has 1 aliphatic rings. The minimum atomic E-state index is -0.404. The zero-order valence-electron chi connectivity index (χ0n) is 13.6. The van der Waals surface area contributed by atoms with E-state index < -0.39 is 5.82 Å². The molecule has 0 spiro atoms. The Bertz CT molecular complexity index is 834. The number of halogens is 1. The van der Waals surface area contributed by atoms with Crippen LogP contribution in [0.15, 0.2) is 53.4 Å². The van der Waals surface area contributed by atoms with Gasteiger partial charge in [-0.05, 0) is 48.4 Å². The summed E-state index contributed by atoms with van der Waals surface area (Å²) in [7, 11) is 0. The lowest BCUT2D eigenvalue weighted by atomic mass is 10.2. The Hall–Kier alpha value is -2.18. The van der Waals surface area contributed by atoms with Gasteiger partial charge in [-0.2, -0.15) is 0 Å². The highest BCUT2D eigenvalue weighted by Gasteiger charge is 2.33. The summed E-state index contributed by atoms with van der Waals surface area (Å²) in [5.74, 6) is 0.149. The summed E-state index contributed by atoms with van der Waals surface area (Å²) >= 11 is 6.50. The van der Waals surface area contributed by atoms with Crippen LogP contribution >= 0.6 is 24.0 Å². The van der Waals surface area contributed by atoms with Gasteiger partial charge in [0.2, 0.25) is 0 Å². The van der Waals surface area contributed by atoms with Gasteiger partial charge in [0.25, 0.3) is 5.91 Å². The van der Waals surface area contributed by atoms with Crippen molar-refractivity contribution in [2.24, 2.45) is 0 Å². The first-order chi connectivity index (χ1) is 12.1. The Morgan fingerprint density at radius 2 is 2.00 bits per heavy atom. The van der Waals surface area contributed by atoms with E-state index >= 15 is 0 Å². The molecule has 25 heavy (non-hydrogen) atoms. The smallest absolute Gasteiger partial charge is 0.270 e. The second-order valence-electron chi connectivity index (χ2n) is 5.41. The van der Waals surface area contributed by atoms with Crippen molar-refractivity contribution in [1.82, 2.24) is 0 Å². The van der Waals surface area contributed by atoms with Gasteiger partial charge in [0.1, 0.15) is 11.6 Å². The number of benzene rings is 2. The molecular formula is C19H16FNO2S2. The molecule has 2 aromatic carbocycles. The van der Waals surface area contributed by atoms with Crippen LogP contribution in [-0.4, -0.2) is 16.8 Å². The van der Waals surface area contributed by atoms with Crippen LogP contribution in [0.1, 0.15) is 18.9 Å². The molecule has 1 aliphatic heterocycles. The van der Waals surface area contributed by atoms with Crippen molar-refractivity contribution in [2.75, 3.05) is 11.5 Å². The van der Waals surface area contributed by atoms with Gasteiger partial charge in [-0.15, -0.1) is 0 Å². The van der Waals surface area contributed by atoms with Gasteiger partial charge in [-0.25, -0.2) is 4.39 Å². The Morgan fingerprint density at radius 3 is 2.68 bits per heavy atom. The van der Waals surface area contributed by atoms with Gasteiger partial charge >= 0.3 is 0 Å². The molecule has 1 amide bonds. The van der Waals surface area contributed by atoms with Crippen molar-refractivity contribution >= 4 is 46.0 Å². The highest BCUT2D eigenvalue weighted by atomic mass is 32.2. The zero-order chi connectivity index (χ0) is 17.8. The van der Waals surface area contributed by atoms with Crippen LogP contribution in [0, 0.1) is 5.82 Å². The number of anilines is 1. The molecule has 3 nitrogen and oxygen atoms in total. The third-order valence-electron chi connectivity index (χ3n) is 3.51. The summed E-state index contributed by atoms with van der Waals surface area (Å²) in [6.07, 6.45) is 2.73. The summed E-state index contributed by atoms with van der Waals surface area (Å²) in [6, 6.07) is 13.4. The van der Waals surface area contributed by atoms with Crippen LogP contribution in [0.25, 0.3) is 6.08 Å². The molecule has 6 heteroatoms. The quantitative estimate of drug-likeness (QED) is 0.544. The molecule has 0 N–H and O–H groups in total. The van der Waals surface area contributed by atoms with E-state index in [1.807, 2.05) is 24.3 Å². The van der Waals surface area contributed by atoms with Crippen LogP contribution < -0.4 is 9.64 Å². The molecule has 0 unspecified atom stereocenters. The van der Waals surface area contributed by atoms with E-state index in [1.165, 1.54) is 28.8 Å². The maximum atomic E-state index is 13.4. The SMILES string of the molecule is CCCOc1ccc(C=C2SC(=S)N(c3cccc(F)c3)C2=O)cc1. The van der Waals surface area contributed by atoms with Gasteiger partial charge in [0.05, 0.1) is 17.2 Å². The maximum absolute atomic E-state index is 13.4. The first kappa shape index (κ1) is 17.6. The molecule has 0 aliphatic carbocycles. The van der Waals surface area contributed by atoms with Crippen LogP contribution in [0.4, 0.5) is 10.1 Å². The highest BCUT2D eigenvalue weighted by molar-refractivity contribution is 8.27. The third-order valence-corrected chi connectivity index (χ3v) is 4.81. The molecule has 0 bridgehead atoms. The maximum Gasteiger partial charge on any atom is 0.270 e. The molecule has 1 heterocycles. The van der Waals surface area contributed by atoms with Gasteiger partial charge in [-0.1, -0.05) is 49.1 Å². The summed E-state index contributed by atoms with van der Waals surface area (Å²) < 4.78 is 19.4. The molecular weight excluding hydrogens is 357 g/mol. The molecule has 128 valence electrons. The van der Waals surface area contributed by atoms with E-state index in [0.717, 1.165) is 17.7 Å². The molecule has 3 rings (SSSR count). The predicted molar refractivity (Wildman–Crippen MR) is 104 cm³/mol. The summed E-state index contributed by atoms with van der Waals surface area (Å²) in [5.41, 5.74) is 1.32. The standard InChI is InChI=1S/C19H16FNO2S2/c1-2-10-23-16-8-6-13(7-9-16)11-17-18(22)21(19(24)25-17)15-5-3-4-14(20)12-15/h3-9,11-12H,2,10H2,1H3. The number of hydrogen-bond donors (Lipinski definition) is 0. The summed E-state index contributed by atoms with van der Waals surface area (Å²) in [5, 5.41) is 0. The molecule has 0 radical (unpaired) electrons. The number of hydrogen-bond acceptors (Lipinski definition) is 4. The molecule has 1 saturated heterocycles. The predicted octanol–water partition coefficient (Wildman–Crippen LogP) is 5.02. The third kappa shape index (κ3) is 4.08. The second-order valence-corrected chi connectivity index (χ2v) is 7.09. The molecule has 0 saturated carbocycles. The Kier molecular flexibility index (Phi) is 5.50. The van der Waals surface area contributed by atoms with E-state index in [4.69, 9.17) is 17.0 Å². The van der Waals surface area contributed by atoms with Gasteiger partial charge < -0.3 is 4.74 Å². The number of rotatable bonds is 5. The van der Waals surface area contributed by atoms with E-state index in [-0.39, 0.29) is 5.91 Å². The Labute approximate surface area is 155 Å². The number of thiocarbonyl (C=S) groups is 1. The van der Waals surface area contributed by atoms with E-state index in [1.54, 1.807) is 18.2 Å². The normalized spacial score (nSPS) is 15.9. The second kappa shape index (κ2) is 7.80. The number of ether oxygens (including phenoxy) is 1. The number of carbonyl (C=O) groups is 1. The number of carbonyl (C=O) groups excluding carboxylic acids is 1. The van der Waals surface area contributed by atoms with E-state index in [9.17, 15) is 9.18 Å². The monoisotopic (exact) mass is 373 g/mol. The molecule has 1 fully saturated rings. The van der Waals surface area contributed by atoms with Crippen LogP contribution in [0.3, 0.4) is 0 Å². The van der Waals surface area contributed by atoms with Crippen molar-refractivity contribution in [2.45, 2.75) is 13.3 Å². The topological polar surface area (TPSA) is 29.5 Å². The largest absolute Gasteiger partial charge is 0.494 e. The van der Waals surface area contributed by atoms with Gasteiger partial charge in [-0.3, -0.25) is 9.69 Å². The molecule has 0 aromatic heterocycles. The van der Waals surface area contributed by atoms with Crippen LogP contribution in [0.5, 0.6) is 5.75 Å². The van der Waals surface area contributed by atoms with Crippen LogP contribution in [0.2, 0.25) is 0 Å². The van der Waals surface area contributed by atoms with Crippen molar-refractivity contribution in [1.29, 1.82) is 0 Å². The lowest BCUT2D eigenvalue weighted by Gasteiger charge is -2.14. The first-order valence-corrected chi connectivity index (χ1v) is 9.07. The van der Waals surface area contributed by atoms with Gasteiger partial charge in [0.15, 0.2) is 4.32 Å². The van der Waals surface area contributed by atoms with Crippen molar-refractivity contribution < 1.29 is 13.9 Å². The van der Waals surface area contributed by atoms with E-state index in [2.05, 4.69) is 6.92 Å². The lowest BCUT2D eigenvalue weighted by Crippen LogP contribution is -2.27. The Balaban J connectivity index is 1.80. The van der Waals surface area contributed by atoms with Crippen molar-refractivity contribution in [3.05, 3.63) is 64.8 Å². The fraction of sp³-hybridized carbons (Fsp3) is 0.158. The number of amides is 1. The average molecular weight is 373 g/mol. The minimum Gasteiger partial charge on any atom is -0.494 e. The molecule has 2 aromatic rings. The fourth-order valence-electron chi connectivity index (χ4n) is 2.34. The molecule has 0 atom stereocenters. The summed E-state index contributed by atoms with van der Waals surface area (Å²) in [6.45, 7) is 2.72. The van der Waals surface area contributed by atoms with Crippen molar-refractivity contribution in [3.8, 4) is 5.75 Å². The summed E-state index contributed by atoms with van der Waals surface area (Å²) in [4.78, 5) is 14.5. The lowest BCUT2D eigenvalue weighted by molar-refractivity contribution is -0.113. The number of nitrogens with zero attached hydrogens (tertiary/aromatic N) is 1. The zero-order valence-corrected chi connectivity index (χ0v) is 15.2.